The van der Waals surface area contributed by atoms with E-state index in [9.17, 15) is 10.1 Å². The van der Waals surface area contributed by atoms with E-state index in [0.29, 0.717) is 28.4 Å². The Morgan fingerprint density at radius 2 is 1.93 bits per heavy atom. The first-order valence-corrected chi connectivity index (χ1v) is 9.48. The lowest BCUT2D eigenvalue weighted by Gasteiger charge is -2.27. The van der Waals surface area contributed by atoms with E-state index >= 15 is 0 Å². The van der Waals surface area contributed by atoms with Gasteiger partial charge in [0.25, 0.3) is 5.56 Å². The van der Waals surface area contributed by atoms with Gasteiger partial charge in [-0.3, -0.25) is 4.79 Å². The molecule has 2 heterocycles. The van der Waals surface area contributed by atoms with Gasteiger partial charge in [-0.2, -0.15) is 5.26 Å². The van der Waals surface area contributed by atoms with Crippen molar-refractivity contribution < 1.29 is 4.74 Å². The third kappa shape index (κ3) is 3.39. The van der Waals surface area contributed by atoms with Crippen molar-refractivity contribution in [2.75, 3.05) is 0 Å². The second kappa shape index (κ2) is 7.50. The van der Waals surface area contributed by atoms with Crippen LogP contribution in [0.1, 0.15) is 28.3 Å². The van der Waals surface area contributed by atoms with Crippen LogP contribution >= 0.6 is 11.6 Å². The van der Waals surface area contributed by atoms with Gasteiger partial charge in [-0.1, -0.05) is 54.1 Å². The minimum Gasteiger partial charge on any atom is -0.440 e. The molecule has 144 valence electrons. The molecule has 0 bridgehead atoms. The fraction of sp³-hybridized carbons (Fsp3) is 0.130. The molecule has 29 heavy (non-hydrogen) atoms. The van der Waals surface area contributed by atoms with Crippen LogP contribution in [0, 0.1) is 18.3 Å². The van der Waals surface area contributed by atoms with Crippen molar-refractivity contribution in [3.63, 3.8) is 0 Å². The number of allylic oxidation sites excluding steroid dienone is 1. The molecule has 2 N–H and O–H groups in total. The van der Waals surface area contributed by atoms with E-state index in [1.54, 1.807) is 28.8 Å². The number of rotatable bonds is 3. The van der Waals surface area contributed by atoms with Crippen molar-refractivity contribution in [2.24, 2.45) is 5.73 Å². The number of nitriles is 1. The highest BCUT2D eigenvalue weighted by atomic mass is 35.5. The van der Waals surface area contributed by atoms with Crippen molar-refractivity contribution in [3.05, 3.63) is 110 Å². The number of ether oxygens (including phenoxy) is 1. The van der Waals surface area contributed by atoms with Crippen LogP contribution in [0.2, 0.25) is 5.02 Å². The first-order valence-electron chi connectivity index (χ1n) is 9.11. The molecule has 0 radical (unpaired) electrons. The summed E-state index contributed by atoms with van der Waals surface area (Å²) in [5.41, 5.74) is 8.87. The number of aromatic nitrogens is 1. The van der Waals surface area contributed by atoms with Gasteiger partial charge in [0.1, 0.15) is 17.4 Å². The number of nitrogens with two attached hydrogens (primary N) is 1. The monoisotopic (exact) mass is 403 g/mol. The van der Waals surface area contributed by atoms with Gasteiger partial charge in [0, 0.05) is 16.8 Å². The molecule has 0 amide bonds. The van der Waals surface area contributed by atoms with Crippen LogP contribution < -0.4 is 16.0 Å². The van der Waals surface area contributed by atoms with Crippen LogP contribution in [-0.2, 0) is 6.54 Å². The zero-order valence-electron chi connectivity index (χ0n) is 15.7. The highest BCUT2D eigenvalue weighted by molar-refractivity contribution is 6.30. The predicted molar refractivity (Wildman–Crippen MR) is 112 cm³/mol. The second-order valence-electron chi connectivity index (χ2n) is 6.92. The number of nitrogens with zero attached hydrogens (tertiary/aromatic N) is 2. The van der Waals surface area contributed by atoms with Gasteiger partial charge in [-0.05, 0) is 30.2 Å². The van der Waals surface area contributed by atoms with Crippen LogP contribution in [0.3, 0.4) is 0 Å². The lowest BCUT2D eigenvalue weighted by molar-refractivity contribution is 0.389. The zero-order chi connectivity index (χ0) is 20.5. The van der Waals surface area contributed by atoms with E-state index in [4.69, 9.17) is 22.1 Å². The molecule has 0 fully saturated rings. The summed E-state index contributed by atoms with van der Waals surface area (Å²) in [5, 5.41) is 10.2. The molecule has 5 nitrogen and oxygen atoms in total. The molecule has 1 aliphatic rings. The molecule has 3 aromatic rings. The van der Waals surface area contributed by atoms with Gasteiger partial charge < -0.3 is 15.0 Å². The minimum absolute atomic E-state index is 0.00425. The normalized spacial score (nSPS) is 15.4. The summed E-state index contributed by atoms with van der Waals surface area (Å²) in [5.74, 6) is -0.263. The van der Waals surface area contributed by atoms with Crippen LogP contribution in [0.25, 0.3) is 0 Å². The zero-order valence-corrected chi connectivity index (χ0v) is 16.5. The number of benzene rings is 2. The van der Waals surface area contributed by atoms with Crippen molar-refractivity contribution in [3.8, 4) is 11.8 Å². The number of aryl methyl sites for hydroxylation is 1. The molecule has 0 saturated heterocycles. The number of hydrogen-bond acceptors (Lipinski definition) is 4. The van der Waals surface area contributed by atoms with Crippen molar-refractivity contribution in [1.29, 1.82) is 5.26 Å². The highest BCUT2D eigenvalue weighted by Crippen LogP contribution is 2.41. The van der Waals surface area contributed by atoms with Gasteiger partial charge in [0.15, 0.2) is 0 Å². The number of hydrogen-bond donors (Lipinski definition) is 1. The van der Waals surface area contributed by atoms with E-state index in [1.807, 2.05) is 43.3 Å². The molecule has 0 saturated carbocycles. The Morgan fingerprint density at radius 3 is 2.62 bits per heavy atom. The summed E-state index contributed by atoms with van der Waals surface area (Å²) in [6.45, 7) is 2.27. The Labute approximate surface area is 173 Å². The Morgan fingerprint density at radius 1 is 1.17 bits per heavy atom. The molecule has 0 aliphatic carbocycles. The van der Waals surface area contributed by atoms with Crippen LogP contribution in [-0.4, -0.2) is 4.57 Å². The minimum atomic E-state index is -0.641. The molecule has 1 aliphatic heterocycles. The fourth-order valence-electron chi connectivity index (χ4n) is 3.67. The highest BCUT2D eigenvalue weighted by Gasteiger charge is 2.34. The first kappa shape index (κ1) is 18.9. The van der Waals surface area contributed by atoms with Gasteiger partial charge in [0.2, 0.25) is 5.88 Å². The molecule has 6 heteroatoms. The Hall–Kier alpha value is -3.49. The molecule has 1 aromatic heterocycles. The first-order chi connectivity index (χ1) is 14.0. The molecule has 2 aromatic carbocycles. The van der Waals surface area contributed by atoms with E-state index in [1.165, 1.54) is 0 Å². The van der Waals surface area contributed by atoms with E-state index in [-0.39, 0.29) is 17.0 Å². The topological polar surface area (TPSA) is 81.0 Å². The second-order valence-corrected chi connectivity index (χ2v) is 7.36. The summed E-state index contributed by atoms with van der Waals surface area (Å²) >= 11 is 6.18. The smallest absolute Gasteiger partial charge is 0.259 e. The number of pyridine rings is 1. The Balaban J connectivity index is 1.94. The van der Waals surface area contributed by atoms with E-state index in [2.05, 4.69) is 6.07 Å². The van der Waals surface area contributed by atoms with Crippen LogP contribution in [0.15, 0.2) is 76.9 Å². The average Bonchev–Trinajstić information content (AvgIpc) is 2.71. The third-order valence-corrected chi connectivity index (χ3v) is 5.29. The molecular weight excluding hydrogens is 386 g/mol. The quantitative estimate of drug-likeness (QED) is 0.714. The fourth-order valence-corrected chi connectivity index (χ4v) is 3.87. The Kier molecular flexibility index (Phi) is 4.87. The lowest BCUT2D eigenvalue weighted by Crippen LogP contribution is -2.33. The summed E-state index contributed by atoms with van der Waals surface area (Å²) in [6, 6.07) is 20.7. The number of fused-ring (bicyclic) bond motifs is 1. The van der Waals surface area contributed by atoms with Gasteiger partial charge >= 0.3 is 0 Å². The van der Waals surface area contributed by atoms with Gasteiger partial charge in [-0.15, -0.1) is 0 Å². The SMILES string of the molecule is Cc1cc2c(c(=O)n1Cc1ccccc1)C(c1cccc(Cl)c1)C(C#N)=C(N)O2. The van der Waals surface area contributed by atoms with Crippen molar-refractivity contribution in [2.45, 2.75) is 19.4 Å². The van der Waals surface area contributed by atoms with Gasteiger partial charge in [-0.25, -0.2) is 0 Å². The maximum absolute atomic E-state index is 13.6. The average molecular weight is 404 g/mol. The number of halogens is 1. The summed E-state index contributed by atoms with van der Waals surface area (Å²) in [4.78, 5) is 13.6. The standard InChI is InChI=1S/C23H18ClN3O2/c1-14-10-19-21(23(28)27(14)13-15-6-3-2-4-7-15)20(18(12-25)22(26)29-19)16-8-5-9-17(24)11-16/h2-11,20H,13,26H2,1H3. The van der Waals surface area contributed by atoms with E-state index < -0.39 is 5.92 Å². The van der Waals surface area contributed by atoms with E-state index in [0.717, 1.165) is 11.3 Å². The summed E-state index contributed by atoms with van der Waals surface area (Å²) in [6.07, 6.45) is 0. The third-order valence-electron chi connectivity index (χ3n) is 5.06. The van der Waals surface area contributed by atoms with Gasteiger partial charge in [0.05, 0.1) is 18.0 Å². The molecule has 1 atom stereocenters. The maximum Gasteiger partial charge on any atom is 0.259 e. The largest absolute Gasteiger partial charge is 0.440 e. The lowest BCUT2D eigenvalue weighted by atomic mass is 9.84. The summed E-state index contributed by atoms with van der Waals surface area (Å²) < 4.78 is 7.36. The molecular formula is C23H18ClN3O2. The van der Waals surface area contributed by atoms with Crippen LogP contribution in [0.4, 0.5) is 0 Å². The van der Waals surface area contributed by atoms with Crippen molar-refractivity contribution in [1.82, 2.24) is 4.57 Å². The summed E-state index contributed by atoms with van der Waals surface area (Å²) in [7, 11) is 0. The van der Waals surface area contributed by atoms with Crippen LogP contribution in [0.5, 0.6) is 5.75 Å². The molecule has 1 unspecified atom stereocenters. The molecule has 4 rings (SSSR count). The maximum atomic E-state index is 13.6. The molecule has 0 spiro atoms. The Bertz CT molecular complexity index is 1220. The van der Waals surface area contributed by atoms with Crippen molar-refractivity contribution >= 4 is 11.6 Å². The predicted octanol–water partition coefficient (Wildman–Crippen LogP) is 4.08.